The van der Waals surface area contributed by atoms with Crippen molar-refractivity contribution in [3.63, 3.8) is 0 Å². The van der Waals surface area contributed by atoms with Gasteiger partial charge >= 0.3 is 0 Å². The van der Waals surface area contributed by atoms with Gasteiger partial charge in [0.15, 0.2) is 5.96 Å². The van der Waals surface area contributed by atoms with E-state index < -0.39 is 0 Å². The highest BCUT2D eigenvalue weighted by Crippen LogP contribution is 2.16. The molecule has 1 aromatic carbocycles. The van der Waals surface area contributed by atoms with Gasteiger partial charge in [0.25, 0.3) is 0 Å². The van der Waals surface area contributed by atoms with Crippen LogP contribution in [0.25, 0.3) is 0 Å². The summed E-state index contributed by atoms with van der Waals surface area (Å²) in [6.45, 7) is 12.7. The number of nitrogens with one attached hydrogen (secondary N) is 1. The van der Waals surface area contributed by atoms with E-state index in [9.17, 15) is 4.79 Å². The molecular weight excluding hydrogens is 386 g/mol. The molecule has 0 aromatic heterocycles. The van der Waals surface area contributed by atoms with E-state index >= 15 is 0 Å². The van der Waals surface area contributed by atoms with Crippen molar-refractivity contribution in [2.24, 2.45) is 10.9 Å². The fourth-order valence-electron chi connectivity index (χ4n) is 4.09. The summed E-state index contributed by atoms with van der Waals surface area (Å²) in [5.41, 5.74) is 0.970. The summed E-state index contributed by atoms with van der Waals surface area (Å²) in [4.78, 5) is 24.3. The average Bonchev–Trinajstić information content (AvgIpc) is 3.19. The number of piperazine rings is 1. The van der Waals surface area contributed by atoms with Gasteiger partial charge in [0.2, 0.25) is 5.91 Å². The van der Waals surface area contributed by atoms with Crippen LogP contribution in [-0.2, 0) is 11.2 Å². The third kappa shape index (κ3) is 6.34. The summed E-state index contributed by atoms with van der Waals surface area (Å²) in [6, 6.07) is 7.56. The Balaban J connectivity index is 1.50. The predicted molar refractivity (Wildman–Crippen MR) is 120 cm³/mol. The minimum absolute atomic E-state index is 0.166. The lowest BCUT2D eigenvalue weighted by Crippen LogP contribution is -2.54. The number of nitrogens with zero attached hydrogens (tertiary/aromatic N) is 4. The van der Waals surface area contributed by atoms with E-state index in [0.717, 1.165) is 63.9 Å². The molecule has 1 aromatic rings. The zero-order valence-electron chi connectivity index (χ0n) is 17.7. The molecular formula is C22H34ClN5O. The quantitative estimate of drug-likeness (QED) is 0.568. The maximum Gasteiger partial charge on any atom is 0.227 e. The third-order valence-corrected chi connectivity index (χ3v) is 6.06. The Morgan fingerprint density at radius 3 is 2.59 bits per heavy atom. The van der Waals surface area contributed by atoms with E-state index in [0.29, 0.717) is 17.4 Å². The molecule has 160 valence electrons. The van der Waals surface area contributed by atoms with E-state index in [1.54, 1.807) is 0 Å². The van der Waals surface area contributed by atoms with Crippen molar-refractivity contribution in [1.82, 2.24) is 20.0 Å². The number of aliphatic imine (C=N–C) groups is 1. The van der Waals surface area contributed by atoms with E-state index in [1.165, 1.54) is 13.0 Å². The fourth-order valence-corrected chi connectivity index (χ4v) is 4.30. The van der Waals surface area contributed by atoms with Gasteiger partial charge in [-0.15, -0.1) is 0 Å². The Morgan fingerprint density at radius 2 is 1.93 bits per heavy atom. The number of likely N-dealkylation sites (tertiary alicyclic amines) is 1. The molecule has 0 bridgehead atoms. The van der Waals surface area contributed by atoms with Crippen LogP contribution >= 0.6 is 11.6 Å². The maximum absolute atomic E-state index is 12.7. The Hall–Kier alpha value is -1.79. The number of carbonyl (C=O) groups is 1. The molecule has 0 aliphatic carbocycles. The number of guanidine groups is 1. The van der Waals surface area contributed by atoms with Gasteiger partial charge in [-0.05, 0) is 50.0 Å². The standard InChI is InChI=1S/C22H34ClN5O/c1-3-24-22(25-16-19-8-9-26(4-2)17-19)28-12-10-27(11-13-28)21(29)15-18-6-5-7-20(23)14-18/h5-7,14,19H,3-4,8-13,15-17H2,1-2H3,(H,24,25). The lowest BCUT2D eigenvalue weighted by atomic mass is 10.1. The normalized spacial score (nSPS) is 20.9. The van der Waals surface area contributed by atoms with Crippen LogP contribution in [0.1, 0.15) is 25.8 Å². The number of amides is 1. The summed E-state index contributed by atoms with van der Waals surface area (Å²) in [6.07, 6.45) is 1.65. The summed E-state index contributed by atoms with van der Waals surface area (Å²) < 4.78 is 0. The SMILES string of the molecule is CCNC(=NCC1CCN(CC)C1)N1CCN(C(=O)Cc2cccc(Cl)c2)CC1. The molecule has 0 saturated carbocycles. The largest absolute Gasteiger partial charge is 0.357 e. The molecule has 0 spiro atoms. The van der Waals surface area contributed by atoms with Gasteiger partial charge in [-0.1, -0.05) is 30.7 Å². The van der Waals surface area contributed by atoms with Crippen LogP contribution in [0, 0.1) is 5.92 Å². The average molecular weight is 420 g/mol. The van der Waals surface area contributed by atoms with Gasteiger partial charge in [-0.2, -0.15) is 0 Å². The van der Waals surface area contributed by atoms with Crippen molar-refractivity contribution < 1.29 is 4.79 Å². The van der Waals surface area contributed by atoms with E-state index in [2.05, 4.69) is 29.0 Å². The number of carbonyl (C=O) groups excluding carboxylic acids is 1. The zero-order valence-corrected chi connectivity index (χ0v) is 18.5. The van der Waals surface area contributed by atoms with Crippen molar-refractivity contribution in [2.45, 2.75) is 26.7 Å². The molecule has 0 radical (unpaired) electrons. The Labute approximate surface area is 179 Å². The van der Waals surface area contributed by atoms with Crippen molar-refractivity contribution in [3.8, 4) is 0 Å². The van der Waals surface area contributed by atoms with Crippen LogP contribution in [0.2, 0.25) is 5.02 Å². The fraction of sp³-hybridized carbons (Fsp3) is 0.636. The topological polar surface area (TPSA) is 51.2 Å². The van der Waals surface area contributed by atoms with Crippen molar-refractivity contribution in [2.75, 3.05) is 58.9 Å². The molecule has 1 atom stereocenters. The molecule has 6 nitrogen and oxygen atoms in total. The van der Waals surface area contributed by atoms with Gasteiger partial charge in [-0.3, -0.25) is 9.79 Å². The smallest absolute Gasteiger partial charge is 0.227 e. The highest BCUT2D eigenvalue weighted by molar-refractivity contribution is 6.30. The van der Waals surface area contributed by atoms with E-state index in [-0.39, 0.29) is 5.91 Å². The third-order valence-electron chi connectivity index (χ3n) is 5.83. The zero-order chi connectivity index (χ0) is 20.6. The lowest BCUT2D eigenvalue weighted by molar-refractivity contribution is -0.131. The van der Waals surface area contributed by atoms with Gasteiger partial charge < -0.3 is 20.0 Å². The first-order chi connectivity index (χ1) is 14.1. The second-order valence-electron chi connectivity index (χ2n) is 7.92. The summed E-state index contributed by atoms with van der Waals surface area (Å²) in [7, 11) is 0. The van der Waals surface area contributed by atoms with Gasteiger partial charge in [0, 0.05) is 50.8 Å². The first-order valence-electron chi connectivity index (χ1n) is 10.9. The van der Waals surface area contributed by atoms with Crippen LogP contribution in [0.5, 0.6) is 0 Å². The molecule has 3 rings (SSSR count). The Morgan fingerprint density at radius 1 is 1.17 bits per heavy atom. The van der Waals surface area contributed by atoms with E-state index in [4.69, 9.17) is 16.6 Å². The Bertz CT molecular complexity index is 702. The number of rotatable bonds is 6. The summed E-state index contributed by atoms with van der Waals surface area (Å²) >= 11 is 6.04. The molecule has 2 aliphatic heterocycles. The molecule has 7 heteroatoms. The van der Waals surface area contributed by atoms with Gasteiger partial charge in [-0.25, -0.2) is 0 Å². The van der Waals surface area contributed by atoms with Gasteiger partial charge in [0.1, 0.15) is 0 Å². The number of hydrogen-bond acceptors (Lipinski definition) is 3. The molecule has 2 saturated heterocycles. The monoisotopic (exact) mass is 419 g/mol. The molecule has 1 amide bonds. The van der Waals surface area contributed by atoms with Crippen LogP contribution in [0.15, 0.2) is 29.3 Å². The van der Waals surface area contributed by atoms with Crippen LogP contribution in [-0.4, -0.2) is 85.5 Å². The molecule has 2 heterocycles. The minimum Gasteiger partial charge on any atom is -0.357 e. The second kappa shape index (κ2) is 10.8. The highest BCUT2D eigenvalue weighted by atomic mass is 35.5. The highest BCUT2D eigenvalue weighted by Gasteiger charge is 2.24. The van der Waals surface area contributed by atoms with Crippen LogP contribution in [0.4, 0.5) is 0 Å². The first kappa shape index (κ1) is 21.9. The second-order valence-corrected chi connectivity index (χ2v) is 8.35. The lowest BCUT2D eigenvalue weighted by Gasteiger charge is -2.36. The minimum atomic E-state index is 0.166. The first-order valence-corrected chi connectivity index (χ1v) is 11.2. The predicted octanol–water partition coefficient (Wildman–Crippen LogP) is 2.33. The number of benzene rings is 1. The maximum atomic E-state index is 12.7. The molecule has 29 heavy (non-hydrogen) atoms. The molecule has 2 fully saturated rings. The Kier molecular flexibility index (Phi) is 8.19. The van der Waals surface area contributed by atoms with E-state index in [1.807, 2.05) is 29.2 Å². The summed E-state index contributed by atoms with van der Waals surface area (Å²) in [5, 5.41) is 4.11. The molecule has 2 aliphatic rings. The van der Waals surface area contributed by atoms with Crippen LogP contribution in [0.3, 0.4) is 0 Å². The number of hydrogen-bond donors (Lipinski definition) is 1. The van der Waals surface area contributed by atoms with Crippen molar-refractivity contribution in [3.05, 3.63) is 34.9 Å². The van der Waals surface area contributed by atoms with Gasteiger partial charge in [0.05, 0.1) is 6.42 Å². The summed E-state index contributed by atoms with van der Waals surface area (Å²) in [5.74, 6) is 1.81. The van der Waals surface area contributed by atoms with Crippen molar-refractivity contribution in [1.29, 1.82) is 0 Å². The molecule has 1 N–H and O–H groups in total. The number of halogens is 1. The van der Waals surface area contributed by atoms with Crippen LogP contribution < -0.4 is 5.32 Å². The molecule has 1 unspecified atom stereocenters. The van der Waals surface area contributed by atoms with Crippen molar-refractivity contribution >= 4 is 23.5 Å².